The third kappa shape index (κ3) is 5.41. The van der Waals surface area contributed by atoms with Crippen molar-refractivity contribution >= 4 is 11.9 Å². The molecule has 0 saturated carbocycles. The van der Waals surface area contributed by atoms with Crippen LogP contribution in [0.4, 0.5) is 4.79 Å². The first-order valence-corrected chi connectivity index (χ1v) is 8.87. The molecule has 0 fully saturated rings. The molecule has 0 aliphatic rings. The van der Waals surface area contributed by atoms with Crippen LogP contribution in [0.15, 0.2) is 61.2 Å². The van der Waals surface area contributed by atoms with Crippen LogP contribution in [0.2, 0.25) is 0 Å². The summed E-state index contributed by atoms with van der Waals surface area (Å²) >= 11 is 0. The van der Waals surface area contributed by atoms with Crippen molar-refractivity contribution in [3.8, 4) is 0 Å². The van der Waals surface area contributed by atoms with E-state index in [0.29, 0.717) is 25.2 Å². The highest BCUT2D eigenvalue weighted by Crippen LogP contribution is 2.06. The third-order valence-corrected chi connectivity index (χ3v) is 4.18. The van der Waals surface area contributed by atoms with Gasteiger partial charge in [0.2, 0.25) is 0 Å². The molecule has 0 aliphatic carbocycles. The maximum absolute atomic E-state index is 12.0. The van der Waals surface area contributed by atoms with Gasteiger partial charge in [0, 0.05) is 25.7 Å². The molecule has 0 atom stereocenters. The van der Waals surface area contributed by atoms with E-state index in [1.165, 1.54) is 6.33 Å². The van der Waals surface area contributed by atoms with Crippen LogP contribution in [0.1, 0.15) is 27.0 Å². The van der Waals surface area contributed by atoms with Crippen molar-refractivity contribution in [1.29, 1.82) is 0 Å². The monoisotopic (exact) mass is 378 g/mol. The van der Waals surface area contributed by atoms with E-state index in [9.17, 15) is 9.59 Å². The molecule has 0 aliphatic heterocycles. The number of nitrogens with one attached hydrogen (secondary N) is 3. The van der Waals surface area contributed by atoms with Gasteiger partial charge in [-0.05, 0) is 28.8 Å². The summed E-state index contributed by atoms with van der Waals surface area (Å²) in [6.07, 6.45) is 3.18. The predicted molar refractivity (Wildman–Crippen MR) is 104 cm³/mol. The fourth-order valence-corrected chi connectivity index (χ4v) is 2.61. The molecule has 0 unspecified atom stereocenters. The number of carbonyl (C=O) groups excluding carboxylic acids is 2. The van der Waals surface area contributed by atoms with Gasteiger partial charge in [-0.2, -0.15) is 5.10 Å². The fraction of sp³-hybridized carbons (Fsp3) is 0.200. The predicted octanol–water partition coefficient (Wildman–Crippen LogP) is 1.69. The van der Waals surface area contributed by atoms with E-state index in [4.69, 9.17) is 0 Å². The van der Waals surface area contributed by atoms with Crippen LogP contribution in [0.3, 0.4) is 0 Å². The number of carbonyl (C=O) groups is 2. The van der Waals surface area contributed by atoms with Gasteiger partial charge in [0.25, 0.3) is 5.91 Å². The first-order valence-electron chi connectivity index (χ1n) is 8.87. The van der Waals surface area contributed by atoms with Crippen LogP contribution in [0.5, 0.6) is 0 Å². The van der Waals surface area contributed by atoms with Crippen LogP contribution in [0, 0.1) is 0 Å². The summed E-state index contributed by atoms with van der Waals surface area (Å²) < 4.78 is 1.75. The van der Waals surface area contributed by atoms with E-state index in [0.717, 1.165) is 16.7 Å². The molecule has 3 aromatic rings. The maximum atomic E-state index is 12.0. The standard InChI is InChI=1S/C20H22N6O2/c1-21-19(27)18-8-6-16(7-9-18)11-24-20(28)23-10-15-2-4-17(5-3-15)12-26-14-22-13-25-26/h2-9,13-14H,10-12H2,1H3,(H,21,27)(H2,23,24,28). The largest absolute Gasteiger partial charge is 0.355 e. The Morgan fingerprint density at radius 1 is 0.893 bits per heavy atom. The molecule has 1 heterocycles. The first kappa shape index (κ1) is 19.1. The van der Waals surface area contributed by atoms with Gasteiger partial charge in [0.15, 0.2) is 0 Å². The zero-order valence-corrected chi connectivity index (χ0v) is 15.6. The molecule has 0 bridgehead atoms. The Morgan fingerprint density at radius 3 is 2.00 bits per heavy atom. The molecule has 2 aromatic carbocycles. The van der Waals surface area contributed by atoms with Gasteiger partial charge in [-0.15, -0.1) is 0 Å². The summed E-state index contributed by atoms with van der Waals surface area (Å²) in [4.78, 5) is 27.4. The molecule has 0 radical (unpaired) electrons. The molecule has 8 heteroatoms. The van der Waals surface area contributed by atoms with Crippen molar-refractivity contribution in [3.05, 3.63) is 83.4 Å². The van der Waals surface area contributed by atoms with E-state index < -0.39 is 0 Å². The fourth-order valence-electron chi connectivity index (χ4n) is 2.61. The quantitative estimate of drug-likeness (QED) is 0.582. The molecule has 8 nitrogen and oxygen atoms in total. The highest BCUT2D eigenvalue weighted by Gasteiger charge is 2.04. The Labute approximate surface area is 163 Å². The van der Waals surface area contributed by atoms with Crippen molar-refractivity contribution in [3.63, 3.8) is 0 Å². The average Bonchev–Trinajstić information content (AvgIpc) is 3.24. The summed E-state index contributed by atoms with van der Waals surface area (Å²) in [5.41, 5.74) is 3.62. The second-order valence-electron chi connectivity index (χ2n) is 6.22. The zero-order chi connectivity index (χ0) is 19.8. The van der Waals surface area contributed by atoms with Crippen molar-refractivity contribution in [2.45, 2.75) is 19.6 Å². The van der Waals surface area contributed by atoms with E-state index in [-0.39, 0.29) is 11.9 Å². The molecule has 144 valence electrons. The van der Waals surface area contributed by atoms with E-state index in [1.807, 2.05) is 36.4 Å². The minimum absolute atomic E-state index is 0.135. The third-order valence-electron chi connectivity index (χ3n) is 4.18. The van der Waals surface area contributed by atoms with E-state index in [1.54, 1.807) is 30.2 Å². The van der Waals surface area contributed by atoms with Crippen LogP contribution >= 0.6 is 0 Å². The van der Waals surface area contributed by atoms with Crippen LogP contribution < -0.4 is 16.0 Å². The molecule has 3 rings (SSSR count). The number of hydrogen-bond donors (Lipinski definition) is 3. The van der Waals surface area contributed by atoms with Gasteiger partial charge in [-0.3, -0.25) is 4.79 Å². The van der Waals surface area contributed by atoms with Crippen LogP contribution in [0.25, 0.3) is 0 Å². The molecule has 1 aromatic heterocycles. The van der Waals surface area contributed by atoms with Crippen LogP contribution in [-0.2, 0) is 19.6 Å². The van der Waals surface area contributed by atoms with Crippen molar-refractivity contribution < 1.29 is 9.59 Å². The minimum atomic E-state index is -0.248. The Kier molecular flexibility index (Phi) is 6.35. The summed E-state index contributed by atoms with van der Waals surface area (Å²) in [7, 11) is 1.59. The highest BCUT2D eigenvalue weighted by molar-refractivity contribution is 5.93. The Morgan fingerprint density at radius 2 is 1.46 bits per heavy atom. The lowest BCUT2D eigenvalue weighted by atomic mass is 10.1. The highest BCUT2D eigenvalue weighted by atomic mass is 16.2. The lowest BCUT2D eigenvalue weighted by Crippen LogP contribution is -2.34. The zero-order valence-electron chi connectivity index (χ0n) is 15.6. The summed E-state index contributed by atoms with van der Waals surface area (Å²) in [5.74, 6) is -0.135. The Bertz CT molecular complexity index is 905. The second kappa shape index (κ2) is 9.31. The molecule has 28 heavy (non-hydrogen) atoms. The summed E-state index contributed by atoms with van der Waals surface area (Å²) in [5, 5.41) is 12.3. The normalized spacial score (nSPS) is 10.3. The number of amides is 3. The molecular formula is C20H22N6O2. The Hall–Kier alpha value is -3.68. The summed E-state index contributed by atoms with van der Waals surface area (Å²) in [6, 6.07) is 14.8. The van der Waals surface area contributed by atoms with Gasteiger partial charge in [0.1, 0.15) is 12.7 Å². The number of rotatable bonds is 7. The van der Waals surface area contributed by atoms with Crippen molar-refractivity contribution in [2.24, 2.45) is 0 Å². The molecular weight excluding hydrogens is 356 g/mol. The lowest BCUT2D eigenvalue weighted by molar-refractivity contribution is 0.0963. The summed E-state index contributed by atoms with van der Waals surface area (Å²) in [6.45, 7) is 1.48. The first-order chi connectivity index (χ1) is 13.6. The van der Waals surface area contributed by atoms with E-state index >= 15 is 0 Å². The minimum Gasteiger partial charge on any atom is -0.355 e. The number of aromatic nitrogens is 3. The lowest BCUT2D eigenvalue weighted by Gasteiger charge is -2.09. The van der Waals surface area contributed by atoms with Gasteiger partial charge in [0.05, 0.1) is 6.54 Å². The number of urea groups is 1. The smallest absolute Gasteiger partial charge is 0.315 e. The SMILES string of the molecule is CNC(=O)c1ccc(CNC(=O)NCc2ccc(Cn3cncn3)cc2)cc1. The maximum Gasteiger partial charge on any atom is 0.315 e. The number of benzene rings is 2. The van der Waals surface area contributed by atoms with Crippen molar-refractivity contribution in [1.82, 2.24) is 30.7 Å². The number of hydrogen-bond acceptors (Lipinski definition) is 4. The number of nitrogens with zero attached hydrogens (tertiary/aromatic N) is 3. The second-order valence-corrected chi connectivity index (χ2v) is 6.22. The average molecular weight is 378 g/mol. The molecule has 3 N–H and O–H groups in total. The van der Waals surface area contributed by atoms with E-state index in [2.05, 4.69) is 26.0 Å². The molecule has 0 saturated heterocycles. The Balaban J connectivity index is 1.42. The van der Waals surface area contributed by atoms with Crippen LogP contribution in [-0.4, -0.2) is 33.8 Å². The van der Waals surface area contributed by atoms with Gasteiger partial charge in [-0.1, -0.05) is 36.4 Å². The molecule has 3 amide bonds. The van der Waals surface area contributed by atoms with Gasteiger partial charge >= 0.3 is 6.03 Å². The van der Waals surface area contributed by atoms with Crippen molar-refractivity contribution in [2.75, 3.05) is 7.05 Å². The van der Waals surface area contributed by atoms with Gasteiger partial charge in [-0.25, -0.2) is 14.5 Å². The molecule has 0 spiro atoms. The van der Waals surface area contributed by atoms with Gasteiger partial charge < -0.3 is 16.0 Å². The topological polar surface area (TPSA) is 101 Å².